The Labute approximate surface area is 124 Å². The maximum absolute atomic E-state index is 12.2. The molecule has 0 spiro atoms. The molecule has 1 aliphatic rings. The maximum atomic E-state index is 12.2. The van der Waals surface area contributed by atoms with E-state index in [0.29, 0.717) is 13.2 Å². The standard InChI is InChI=1S/C13H15BrN2O4/c1-8(9-5-6-20-7-9)15-13(17)10-3-2-4-11(12(10)14)16(18)19/h2-4,8-9H,5-7H2,1H3,(H,15,17). The fourth-order valence-corrected chi connectivity index (χ4v) is 2.77. The third kappa shape index (κ3) is 3.16. The Morgan fingerprint density at radius 2 is 2.35 bits per heavy atom. The molecule has 1 aromatic carbocycles. The van der Waals surface area contributed by atoms with Crippen molar-refractivity contribution >= 4 is 27.5 Å². The highest BCUT2D eigenvalue weighted by atomic mass is 79.9. The number of hydrogen-bond donors (Lipinski definition) is 1. The summed E-state index contributed by atoms with van der Waals surface area (Å²) in [5.74, 6) is -0.0311. The van der Waals surface area contributed by atoms with Gasteiger partial charge in [0.25, 0.3) is 11.6 Å². The van der Waals surface area contributed by atoms with Gasteiger partial charge < -0.3 is 10.1 Å². The summed E-state index contributed by atoms with van der Waals surface area (Å²) in [5, 5.41) is 13.7. The first-order chi connectivity index (χ1) is 9.50. The molecule has 0 aromatic heterocycles. The lowest BCUT2D eigenvalue weighted by Crippen LogP contribution is -2.38. The summed E-state index contributed by atoms with van der Waals surface area (Å²) < 4.78 is 5.50. The molecule has 1 heterocycles. The zero-order valence-corrected chi connectivity index (χ0v) is 12.6. The van der Waals surface area contributed by atoms with Crippen LogP contribution in [0, 0.1) is 16.0 Å². The Morgan fingerprint density at radius 1 is 1.60 bits per heavy atom. The van der Waals surface area contributed by atoms with E-state index in [1.165, 1.54) is 12.1 Å². The third-order valence-electron chi connectivity index (χ3n) is 3.45. The smallest absolute Gasteiger partial charge is 0.284 e. The maximum Gasteiger partial charge on any atom is 0.284 e. The number of benzene rings is 1. The van der Waals surface area contributed by atoms with Gasteiger partial charge in [-0.25, -0.2) is 0 Å². The molecule has 1 saturated heterocycles. The number of nitro benzene ring substituents is 1. The van der Waals surface area contributed by atoms with Crippen molar-refractivity contribution in [3.05, 3.63) is 38.3 Å². The van der Waals surface area contributed by atoms with Crippen molar-refractivity contribution in [1.82, 2.24) is 5.32 Å². The minimum atomic E-state index is -0.519. The van der Waals surface area contributed by atoms with Gasteiger partial charge in [0.05, 0.1) is 17.1 Å². The second-order valence-corrected chi connectivity index (χ2v) is 5.57. The van der Waals surface area contributed by atoms with Gasteiger partial charge >= 0.3 is 0 Å². The highest BCUT2D eigenvalue weighted by molar-refractivity contribution is 9.10. The SMILES string of the molecule is CC(NC(=O)c1cccc([N+](=O)[O-])c1Br)C1CCOC1. The minimum Gasteiger partial charge on any atom is -0.381 e. The molecule has 7 heteroatoms. The number of halogens is 1. The molecule has 0 aliphatic carbocycles. The zero-order chi connectivity index (χ0) is 14.7. The Kier molecular flexibility index (Phi) is 4.72. The van der Waals surface area contributed by atoms with Crippen LogP contribution in [0.25, 0.3) is 0 Å². The normalized spacial score (nSPS) is 19.6. The summed E-state index contributed by atoms with van der Waals surface area (Å²) >= 11 is 3.13. The van der Waals surface area contributed by atoms with E-state index >= 15 is 0 Å². The lowest BCUT2D eigenvalue weighted by molar-refractivity contribution is -0.385. The van der Waals surface area contributed by atoms with Crippen molar-refractivity contribution in [3.63, 3.8) is 0 Å². The highest BCUT2D eigenvalue weighted by Gasteiger charge is 2.25. The number of hydrogen-bond acceptors (Lipinski definition) is 4. The van der Waals surface area contributed by atoms with E-state index in [0.717, 1.165) is 6.42 Å². The molecule has 108 valence electrons. The molecule has 1 N–H and O–H groups in total. The van der Waals surface area contributed by atoms with Gasteiger partial charge in [-0.3, -0.25) is 14.9 Å². The Balaban J connectivity index is 2.13. The Bertz CT molecular complexity index is 529. The molecule has 1 amide bonds. The molecular formula is C13H15BrN2O4. The predicted molar refractivity (Wildman–Crippen MR) is 76.7 cm³/mol. The van der Waals surface area contributed by atoms with Crippen LogP contribution >= 0.6 is 15.9 Å². The van der Waals surface area contributed by atoms with Gasteiger partial charge in [-0.15, -0.1) is 0 Å². The van der Waals surface area contributed by atoms with Gasteiger partial charge in [-0.1, -0.05) is 6.07 Å². The number of carbonyl (C=O) groups is 1. The first-order valence-electron chi connectivity index (χ1n) is 6.32. The largest absolute Gasteiger partial charge is 0.381 e. The second-order valence-electron chi connectivity index (χ2n) is 4.78. The van der Waals surface area contributed by atoms with E-state index in [4.69, 9.17) is 4.74 Å². The van der Waals surface area contributed by atoms with Crippen LogP contribution < -0.4 is 5.32 Å². The average Bonchev–Trinajstić information content (AvgIpc) is 2.92. The Hall–Kier alpha value is -1.47. The monoisotopic (exact) mass is 342 g/mol. The van der Waals surface area contributed by atoms with Gasteiger partial charge in [0.15, 0.2) is 0 Å². The molecule has 0 saturated carbocycles. The van der Waals surface area contributed by atoms with Gasteiger partial charge in [-0.2, -0.15) is 0 Å². The van der Waals surface area contributed by atoms with Crippen LogP contribution in [0.5, 0.6) is 0 Å². The van der Waals surface area contributed by atoms with E-state index in [2.05, 4.69) is 21.2 Å². The van der Waals surface area contributed by atoms with Crippen molar-refractivity contribution in [1.29, 1.82) is 0 Å². The molecule has 2 rings (SSSR count). The van der Waals surface area contributed by atoms with Crippen molar-refractivity contribution < 1.29 is 14.5 Å². The summed E-state index contributed by atoms with van der Waals surface area (Å²) in [6, 6.07) is 4.39. The van der Waals surface area contributed by atoms with Crippen molar-refractivity contribution in [3.8, 4) is 0 Å². The van der Waals surface area contributed by atoms with Crippen LogP contribution in [0.4, 0.5) is 5.69 Å². The molecule has 1 aliphatic heterocycles. The molecule has 0 bridgehead atoms. The first kappa shape index (κ1) is 14.9. The van der Waals surface area contributed by atoms with E-state index in [9.17, 15) is 14.9 Å². The first-order valence-corrected chi connectivity index (χ1v) is 7.11. The van der Waals surface area contributed by atoms with Crippen LogP contribution in [-0.2, 0) is 4.74 Å². The van der Waals surface area contributed by atoms with E-state index in [-0.39, 0.29) is 33.6 Å². The number of nitro groups is 1. The summed E-state index contributed by atoms with van der Waals surface area (Å²) in [6.07, 6.45) is 0.914. The number of carbonyl (C=O) groups excluding carboxylic acids is 1. The summed E-state index contributed by atoms with van der Waals surface area (Å²) in [5.41, 5.74) is 0.152. The number of nitrogens with zero attached hydrogens (tertiary/aromatic N) is 1. The van der Waals surface area contributed by atoms with Crippen LogP contribution in [0.15, 0.2) is 22.7 Å². The number of ether oxygens (including phenoxy) is 1. The minimum absolute atomic E-state index is 0.0313. The molecular weight excluding hydrogens is 328 g/mol. The molecule has 6 nitrogen and oxygen atoms in total. The highest BCUT2D eigenvalue weighted by Crippen LogP contribution is 2.28. The quantitative estimate of drug-likeness (QED) is 0.673. The number of amides is 1. The molecule has 2 atom stereocenters. The van der Waals surface area contributed by atoms with Gasteiger partial charge in [0.1, 0.15) is 4.47 Å². The van der Waals surface area contributed by atoms with Crippen LogP contribution in [-0.4, -0.2) is 30.1 Å². The molecule has 1 fully saturated rings. The van der Waals surface area contributed by atoms with E-state index in [1.54, 1.807) is 6.07 Å². The van der Waals surface area contributed by atoms with Crippen LogP contribution in [0.3, 0.4) is 0 Å². The fourth-order valence-electron chi connectivity index (χ4n) is 2.19. The topological polar surface area (TPSA) is 81.5 Å². The number of nitrogens with one attached hydrogen (secondary N) is 1. The summed E-state index contributed by atoms with van der Waals surface area (Å²) in [4.78, 5) is 22.5. The molecule has 20 heavy (non-hydrogen) atoms. The van der Waals surface area contributed by atoms with Gasteiger partial charge in [0.2, 0.25) is 0 Å². The molecule has 2 unspecified atom stereocenters. The number of rotatable bonds is 4. The van der Waals surface area contributed by atoms with Crippen molar-refractivity contribution in [2.45, 2.75) is 19.4 Å². The lowest BCUT2D eigenvalue weighted by atomic mass is 10.0. The van der Waals surface area contributed by atoms with E-state index in [1.807, 2.05) is 6.92 Å². The molecule has 0 radical (unpaired) electrons. The zero-order valence-electron chi connectivity index (χ0n) is 11.0. The predicted octanol–water partition coefficient (Wildman–Crippen LogP) is 2.51. The van der Waals surface area contributed by atoms with Crippen LogP contribution in [0.1, 0.15) is 23.7 Å². The molecule has 1 aromatic rings. The third-order valence-corrected chi connectivity index (χ3v) is 4.28. The summed E-state index contributed by atoms with van der Waals surface area (Å²) in [7, 11) is 0. The fraction of sp³-hybridized carbons (Fsp3) is 0.462. The van der Waals surface area contributed by atoms with Crippen molar-refractivity contribution in [2.75, 3.05) is 13.2 Å². The lowest BCUT2D eigenvalue weighted by Gasteiger charge is -2.19. The van der Waals surface area contributed by atoms with Gasteiger partial charge in [0, 0.05) is 24.6 Å². The van der Waals surface area contributed by atoms with Gasteiger partial charge in [-0.05, 0) is 35.3 Å². The summed E-state index contributed by atoms with van der Waals surface area (Å²) in [6.45, 7) is 3.27. The van der Waals surface area contributed by atoms with Crippen molar-refractivity contribution in [2.24, 2.45) is 5.92 Å². The second kappa shape index (κ2) is 6.32. The average molecular weight is 343 g/mol. The van der Waals surface area contributed by atoms with Crippen LogP contribution in [0.2, 0.25) is 0 Å². The van der Waals surface area contributed by atoms with E-state index < -0.39 is 4.92 Å². The Morgan fingerprint density at radius 3 is 2.95 bits per heavy atom.